The van der Waals surface area contributed by atoms with Crippen LogP contribution in [0.25, 0.3) is 34.5 Å². The fourth-order valence-electron chi connectivity index (χ4n) is 4.30. The van der Waals surface area contributed by atoms with Crippen molar-refractivity contribution in [1.82, 2.24) is 9.55 Å². The molecule has 1 heterocycles. The molecule has 0 atom stereocenters. The van der Waals surface area contributed by atoms with E-state index in [1.54, 1.807) is 48.5 Å². The van der Waals surface area contributed by atoms with Gasteiger partial charge in [-0.1, -0.05) is 77.8 Å². The number of aromatic carboxylic acids is 1. The minimum Gasteiger partial charge on any atom is -0.478 e. The van der Waals surface area contributed by atoms with Gasteiger partial charge in [0.1, 0.15) is 11.6 Å². The highest BCUT2D eigenvalue weighted by Crippen LogP contribution is 2.31. The molecule has 0 radical (unpaired) electrons. The Labute approximate surface area is 249 Å². The highest BCUT2D eigenvalue weighted by atomic mass is 35.5. The quantitative estimate of drug-likeness (QED) is 0.191. The highest BCUT2D eigenvalue weighted by Gasteiger charge is 2.31. The van der Waals surface area contributed by atoms with Crippen LogP contribution in [0.4, 0.5) is 13.2 Å². The molecule has 0 amide bonds. The number of hydrogen-bond acceptors (Lipinski definition) is 3. The van der Waals surface area contributed by atoms with Crippen LogP contribution in [0.5, 0.6) is 5.75 Å². The number of rotatable bonds is 8. The molecule has 5 nitrogen and oxygen atoms in total. The van der Waals surface area contributed by atoms with Crippen LogP contribution in [0.1, 0.15) is 27.3 Å². The molecule has 5 rings (SSSR count). The third-order valence-electron chi connectivity index (χ3n) is 6.30. The van der Waals surface area contributed by atoms with Gasteiger partial charge in [-0.3, -0.25) is 0 Å². The van der Waals surface area contributed by atoms with E-state index in [0.717, 1.165) is 22.3 Å². The zero-order valence-electron chi connectivity index (χ0n) is 21.6. The lowest BCUT2D eigenvalue weighted by atomic mass is 10.0. The molecule has 0 fully saturated rings. The molecule has 0 saturated carbocycles. The number of benzene rings is 4. The van der Waals surface area contributed by atoms with Gasteiger partial charge >= 0.3 is 12.3 Å². The van der Waals surface area contributed by atoms with E-state index in [1.807, 2.05) is 53.2 Å². The molecule has 1 N–H and O–H groups in total. The number of nitrogens with zero attached hydrogens (tertiary/aromatic N) is 2. The van der Waals surface area contributed by atoms with Crippen molar-refractivity contribution in [1.29, 1.82) is 0 Å². The number of hydrogen-bond donors (Lipinski definition) is 1. The number of halogens is 5. The Balaban J connectivity index is 1.43. The molecule has 0 aliphatic carbocycles. The first-order chi connectivity index (χ1) is 20.0. The molecule has 0 saturated heterocycles. The summed E-state index contributed by atoms with van der Waals surface area (Å²) in [7, 11) is 0. The van der Waals surface area contributed by atoms with Gasteiger partial charge in [0.15, 0.2) is 0 Å². The lowest BCUT2D eigenvalue weighted by molar-refractivity contribution is -0.274. The molecule has 10 heteroatoms. The van der Waals surface area contributed by atoms with Gasteiger partial charge in [-0.2, -0.15) is 0 Å². The minimum absolute atomic E-state index is 0.211. The Morgan fingerprint density at radius 2 is 1.64 bits per heavy atom. The van der Waals surface area contributed by atoms with Crippen molar-refractivity contribution in [3.63, 3.8) is 0 Å². The van der Waals surface area contributed by atoms with E-state index in [4.69, 9.17) is 28.2 Å². The minimum atomic E-state index is -4.77. The smallest absolute Gasteiger partial charge is 0.478 e. The maximum atomic E-state index is 12.6. The van der Waals surface area contributed by atoms with Gasteiger partial charge in [-0.25, -0.2) is 9.78 Å². The number of imidazole rings is 1. The van der Waals surface area contributed by atoms with Crippen molar-refractivity contribution < 1.29 is 27.8 Å². The molecule has 0 aliphatic rings. The first-order valence-electron chi connectivity index (χ1n) is 12.5. The standard InChI is InChI=1S/C32H21Cl2F3N2O3/c33-25-11-14-27(28(34)17-25)29-19-39(18-21-6-12-26(13-7-21)42-32(35,36)37)30(38-29)15-8-20-4-9-22(10-5-20)23-2-1-3-24(16-23)31(40)41/h1-17,19H,18H2,(H,40,41)/b15-8+. The largest absolute Gasteiger partial charge is 0.573 e. The lowest BCUT2D eigenvalue weighted by Gasteiger charge is -2.10. The SMILES string of the molecule is O=C(O)c1cccc(-c2ccc(/C=C/c3nc(-c4ccc(Cl)cc4Cl)cn3Cc3ccc(OC(F)(F)F)cc3)cc2)c1. The Morgan fingerprint density at radius 1 is 0.905 bits per heavy atom. The van der Waals surface area contributed by atoms with E-state index in [-0.39, 0.29) is 11.3 Å². The van der Waals surface area contributed by atoms with Gasteiger partial charge < -0.3 is 14.4 Å². The number of aromatic nitrogens is 2. The third-order valence-corrected chi connectivity index (χ3v) is 6.85. The van der Waals surface area contributed by atoms with Crippen molar-refractivity contribution in [3.05, 3.63) is 130 Å². The van der Waals surface area contributed by atoms with Gasteiger partial charge in [-0.05, 0) is 70.8 Å². The van der Waals surface area contributed by atoms with Crippen LogP contribution in [0.3, 0.4) is 0 Å². The second kappa shape index (κ2) is 12.1. The van der Waals surface area contributed by atoms with E-state index in [0.29, 0.717) is 33.7 Å². The maximum absolute atomic E-state index is 12.6. The Hall–Kier alpha value is -4.53. The number of ether oxygens (including phenoxy) is 1. The van der Waals surface area contributed by atoms with E-state index < -0.39 is 12.3 Å². The van der Waals surface area contributed by atoms with Gasteiger partial charge in [0, 0.05) is 23.3 Å². The van der Waals surface area contributed by atoms with Crippen LogP contribution >= 0.6 is 23.2 Å². The molecule has 0 aliphatic heterocycles. The Kier molecular flexibility index (Phi) is 8.38. The zero-order valence-corrected chi connectivity index (χ0v) is 23.2. The molecule has 4 aromatic carbocycles. The Bertz CT molecular complexity index is 1760. The summed E-state index contributed by atoms with van der Waals surface area (Å²) in [6.07, 6.45) is 0.753. The van der Waals surface area contributed by atoms with Crippen LogP contribution < -0.4 is 4.74 Å². The second-order valence-corrected chi connectivity index (χ2v) is 10.1. The summed E-state index contributed by atoms with van der Waals surface area (Å²) in [6.45, 7) is 0.322. The molecule has 0 bridgehead atoms. The average Bonchev–Trinajstić information content (AvgIpc) is 3.34. The zero-order chi connectivity index (χ0) is 29.9. The van der Waals surface area contributed by atoms with Crippen LogP contribution in [-0.2, 0) is 6.54 Å². The summed E-state index contributed by atoms with van der Waals surface area (Å²) >= 11 is 12.5. The summed E-state index contributed by atoms with van der Waals surface area (Å²) < 4.78 is 43.5. The van der Waals surface area contributed by atoms with Gasteiger partial charge in [0.2, 0.25) is 0 Å². The fourth-order valence-corrected chi connectivity index (χ4v) is 4.80. The number of carboxylic acids is 1. The van der Waals surface area contributed by atoms with Crippen LogP contribution in [0.15, 0.2) is 97.2 Å². The van der Waals surface area contributed by atoms with E-state index in [2.05, 4.69) is 4.74 Å². The van der Waals surface area contributed by atoms with Crippen LogP contribution in [0.2, 0.25) is 10.0 Å². The molecule has 0 unspecified atom stereocenters. The molecule has 1 aromatic heterocycles. The van der Waals surface area contributed by atoms with Gasteiger partial charge in [0.25, 0.3) is 0 Å². The summed E-state index contributed by atoms with van der Waals surface area (Å²) in [5, 5.41) is 10.2. The van der Waals surface area contributed by atoms with Crippen LogP contribution in [0, 0.1) is 0 Å². The molecular formula is C32H21Cl2F3N2O3. The average molecular weight is 609 g/mol. The third kappa shape index (κ3) is 7.21. The van der Waals surface area contributed by atoms with Crippen molar-refractivity contribution in [2.45, 2.75) is 12.9 Å². The summed E-state index contributed by atoms with van der Waals surface area (Å²) in [4.78, 5) is 16.1. The Morgan fingerprint density at radius 3 is 2.31 bits per heavy atom. The van der Waals surface area contributed by atoms with E-state index in [9.17, 15) is 23.1 Å². The predicted octanol–water partition coefficient (Wildman–Crippen LogP) is 9.34. The monoisotopic (exact) mass is 608 g/mol. The van der Waals surface area contributed by atoms with E-state index in [1.165, 1.54) is 12.1 Å². The number of alkyl halides is 3. The van der Waals surface area contributed by atoms with Gasteiger partial charge in [-0.15, -0.1) is 13.2 Å². The summed E-state index contributed by atoms with van der Waals surface area (Å²) in [5.41, 5.74) is 4.76. The van der Waals surface area contributed by atoms with E-state index >= 15 is 0 Å². The number of carbonyl (C=O) groups is 1. The molecule has 42 heavy (non-hydrogen) atoms. The molecule has 212 valence electrons. The molecule has 0 spiro atoms. The first kappa shape index (κ1) is 29.0. The molecular weight excluding hydrogens is 588 g/mol. The maximum Gasteiger partial charge on any atom is 0.573 e. The lowest BCUT2D eigenvalue weighted by Crippen LogP contribution is -2.17. The summed E-state index contributed by atoms with van der Waals surface area (Å²) in [6, 6.07) is 25.1. The summed E-state index contributed by atoms with van der Waals surface area (Å²) in [5.74, 6) is -0.703. The van der Waals surface area contributed by atoms with Crippen LogP contribution in [-0.4, -0.2) is 27.0 Å². The highest BCUT2D eigenvalue weighted by molar-refractivity contribution is 6.36. The topological polar surface area (TPSA) is 64.3 Å². The predicted molar refractivity (Wildman–Crippen MR) is 158 cm³/mol. The van der Waals surface area contributed by atoms with Gasteiger partial charge in [0.05, 0.1) is 16.3 Å². The van der Waals surface area contributed by atoms with Crippen molar-refractivity contribution in [2.24, 2.45) is 0 Å². The number of carboxylic acid groups (broad SMARTS) is 1. The van der Waals surface area contributed by atoms with Crippen molar-refractivity contribution in [2.75, 3.05) is 0 Å². The first-order valence-corrected chi connectivity index (χ1v) is 13.3. The van der Waals surface area contributed by atoms with Crippen molar-refractivity contribution >= 4 is 41.3 Å². The molecule has 5 aromatic rings. The van der Waals surface area contributed by atoms with Crippen molar-refractivity contribution in [3.8, 4) is 28.1 Å². The second-order valence-electron chi connectivity index (χ2n) is 9.27. The fraction of sp³-hybridized carbons (Fsp3) is 0.0625. The normalized spacial score (nSPS) is 11.6.